The summed E-state index contributed by atoms with van der Waals surface area (Å²) in [5.74, 6) is 0.288. The molecule has 0 atom stereocenters. The number of ketones is 1. The first kappa shape index (κ1) is 20.4. The molecule has 0 fully saturated rings. The Morgan fingerprint density at radius 3 is 1.65 bits per heavy atom. The van der Waals surface area contributed by atoms with Gasteiger partial charge >= 0.3 is 5.91 Å². The molecule has 1 amide bonds. The van der Waals surface area contributed by atoms with Gasteiger partial charge in [-0.3, -0.25) is 14.5 Å². The number of carbonyl (C=O) groups excluding carboxylic acids is 2. The smallest absolute Gasteiger partial charge is 0.304 e. The van der Waals surface area contributed by atoms with E-state index < -0.39 is 11.7 Å². The number of aryl methyl sites for hydroxylation is 2. The van der Waals surface area contributed by atoms with Gasteiger partial charge in [0.05, 0.1) is 31.2 Å². The quantitative estimate of drug-likeness (QED) is 0.564. The summed E-state index contributed by atoms with van der Waals surface area (Å²) in [6.07, 6.45) is 0. The Hall–Kier alpha value is -3.86. The van der Waals surface area contributed by atoms with E-state index in [1.807, 2.05) is 56.3 Å². The summed E-state index contributed by atoms with van der Waals surface area (Å²) in [5.41, 5.74) is 4.94. The van der Waals surface area contributed by atoms with Crippen molar-refractivity contribution < 1.29 is 19.1 Å². The lowest BCUT2D eigenvalue weighted by Crippen LogP contribution is -2.29. The molecule has 0 unspecified atom stereocenters. The van der Waals surface area contributed by atoms with Crippen LogP contribution >= 0.6 is 0 Å². The molecule has 1 aliphatic rings. The molecule has 5 nitrogen and oxygen atoms in total. The number of hydrogen-bond donors (Lipinski definition) is 0. The summed E-state index contributed by atoms with van der Waals surface area (Å²) < 4.78 is 10.5. The van der Waals surface area contributed by atoms with Gasteiger partial charge in [-0.25, -0.2) is 0 Å². The number of para-hydroxylation sites is 1. The van der Waals surface area contributed by atoms with Crippen molar-refractivity contribution in [2.24, 2.45) is 0 Å². The van der Waals surface area contributed by atoms with Gasteiger partial charge in [-0.15, -0.1) is 0 Å². The monoisotopic (exact) mass is 413 g/mol. The Balaban J connectivity index is 2.00. The predicted octanol–water partition coefficient (Wildman–Crippen LogP) is 4.80. The minimum absolute atomic E-state index is 0.375. The second-order valence-corrected chi connectivity index (χ2v) is 7.39. The van der Waals surface area contributed by atoms with E-state index in [9.17, 15) is 9.59 Å². The Morgan fingerprint density at radius 2 is 1.16 bits per heavy atom. The SMILES string of the molecule is COc1ccc(C2=C(c3ccc(OC)cc3)N(c3c(C)cccc3C)C(=O)C2=O)cc1. The minimum Gasteiger partial charge on any atom is -0.497 e. The lowest BCUT2D eigenvalue weighted by Gasteiger charge is -2.24. The number of methoxy groups -OCH3 is 2. The van der Waals surface area contributed by atoms with Crippen LogP contribution in [0.15, 0.2) is 66.7 Å². The summed E-state index contributed by atoms with van der Waals surface area (Å²) in [5, 5.41) is 0. The van der Waals surface area contributed by atoms with Gasteiger partial charge in [-0.1, -0.05) is 30.3 Å². The first-order valence-corrected chi connectivity index (χ1v) is 9.94. The molecule has 156 valence electrons. The minimum atomic E-state index is -0.561. The molecule has 0 aromatic heterocycles. The van der Waals surface area contributed by atoms with E-state index in [0.717, 1.165) is 22.4 Å². The number of rotatable bonds is 5. The third-order valence-electron chi connectivity index (χ3n) is 5.49. The maximum atomic E-state index is 13.3. The summed E-state index contributed by atoms with van der Waals surface area (Å²) in [6, 6.07) is 20.4. The van der Waals surface area contributed by atoms with Gasteiger partial charge in [0.1, 0.15) is 11.5 Å². The number of ether oxygens (including phenoxy) is 2. The highest BCUT2D eigenvalue weighted by atomic mass is 16.5. The summed E-state index contributed by atoms with van der Waals surface area (Å²) in [7, 11) is 3.19. The predicted molar refractivity (Wildman–Crippen MR) is 121 cm³/mol. The zero-order valence-electron chi connectivity index (χ0n) is 17.9. The van der Waals surface area contributed by atoms with Gasteiger partial charge in [0.15, 0.2) is 0 Å². The van der Waals surface area contributed by atoms with Crippen LogP contribution < -0.4 is 14.4 Å². The highest BCUT2D eigenvalue weighted by Crippen LogP contribution is 2.42. The van der Waals surface area contributed by atoms with E-state index in [4.69, 9.17) is 9.47 Å². The average molecular weight is 413 g/mol. The number of hydrogen-bond acceptors (Lipinski definition) is 4. The van der Waals surface area contributed by atoms with Crippen LogP contribution in [0.1, 0.15) is 22.3 Å². The lowest BCUT2D eigenvalue weighted by molar-refractivity contribution is -0.131. The van der Waals surface area contributed by atoms with E-state index in [-0.39, 0.29) is 0 Å². The highest BCUT2D eigenvalue weighted by Gasteiger charge is 2.41. The van der Waals surface area contributed by atoms with Crippen LogP contribution in [0.25, 0.3) is 11.3 Å². The summed E-state index contributed by atoms with van der Waals surface area (Å²) in [4.78, 5) is 28.1. The van der Waals surface area contributed by atoms with Gasteiger partial charge in [0.2, 0.25) is 0 Å². The van der Waals surface area contributed by atoms with Crippen molar-refractivity contribution in [3.63, 3.8) is 0 Å². The van der Waals surface area contributed by atoms with Crippen LogP contribution in [0.4, 0.5) is 5.69 Å². The molecule has 0 saturated carbocycles. The van der Waals surface area contributed by atoms with E-state index in [1.165, 1.54) is 0 Å². The van der Waals surface area contributed by atoms with Crippen LogP contribution in [-0.4, -0.2) is 25.9 Å². The molecule has 31 heavy (non-hydrogen) atoms. The molecule has 0 bridgehead atoms. The van der Waals surface area contributed by atoms with Gasteiger partial charge < -0.3 is 9.47 Å². The molecule has 0 aliphatic carbocycles. The zero-order chi connectivity index (χ0) is 22.1. The molecule has 0 N–H and O–H groups in total. The summed E-state index contributed by atoms with van der Waals surface area (Å²) >= 11 is 0. The standard InChI is InChI=1S/C26H23NO4/c1-16-6-5-7-17(2)23(16)27-24(19-10-14-21(31-4)15-11-19)22(25(28)26(27)29)18-8-12-20(30-3)13-9-18/h5-15H,1-4H3. The maximum Gasteiger partial charge on any atom is 0.304 e. The van der Waals surface area contributed by atoms with Crippen molar-refractivity contribution in [2.45, 2.75) is 13.8 Å². The Morgan fingerprint density at radius 1 is 0.677 bits per heavy atom. The van der Waals surface area contributed by atoms with Crippen molar-refractivity contribution >= 4 is 28.6 Å². The van der Waals surface area contributed by atoms with Crippen LogP contribution in [0.3, 0.4) is 0 Å². The molecule has 0 radical (unpaired) electrons. The fourth-order valence-corrected chi connectivity index (χ4v) is 3.95. The second kappa shape index (κ2) is 8.11. The van der Waals surface area contributed by atoms with E-state index >= 15 is 0 Å². The van der Waals surface area contributed by atoms with E-state index in [0.29, 0.717) is 28.3 Å². The molecular weight excluding hydrogens is 390 g/mol. The fourth-order valence-electron chi connectivity index (χ4n) is 3.95. The van der Waals surface area contributed by atoms with Crippen LogP contribution in [0, 0.1) is 13.8 Å². The molecule has 3 aromatic rings. The fraction of sp³-hybridized carbons (Fsp3) is 0.154. The highest BCUT2D eigenvalue weighted by molar-refractivity contribution is 6.65. The normalized spacial score (nSPS) is 13.7. The van der Waals surface area contributed by atoms with Crippen molar-refractivity contribution in [1.82, 2.24) is 0 Å². The van der Waals surface area contributed by atoms with Crippen molar-refractivity contribution in [1.29, 1.82) is 0 Å². The van der Waals surface area contributed by atoms with Gasteiger partial charge in [-0.2, -0.15) is 0 Å². The largest absolute Gasteiger partial charge is 0.497 e. The second-order valence-electron chi connectivity index (χ2n) is 7.39. The molecule has 0 saturated heterocycles. The van der Waals surface area contributed by atoms with E-state index in [2.05, 4.69) is 0 Å². The zero-order valence-corrected chi connectivity index (χ0v) is 17.9. The third kappa shape index (κ3) is 3.48. The number of Topliss-reactive ketones (excluding diaryl/α,β-unsaturated/α-hetero) is 1. The Labute approximate surface area is 181 Å². The van der Waals surface area contributed by atoms with Crippen molar-refractivity contribution in [2.75, 3.05) is 19.1 Å². The number of amides is 1. The lowest BCUT2D eigenvalue weighted by atomic mass is 9.98. The molecule has 0 spiro atoms. The first-order valence-electron chi connectivity index (χ1n) is 9.94. The maximum absolute atomic E-state index is 13.3. The van der Waals surface area contributed by atoms with Gasteiger partial charge in [0, 0.05) is 0 Å². The van der Waals surface area contributed by atoms with Gasteiger partial charge in [-0.05, 0) is 72.5 Å². The molecule has 1 heterocycles. The molecule has 5 heteroatoms. The molecular formula is C26H23NO4. The van der Waals surface area contributed by atoms with Crippen molar-refractivity contribution in [3.8, 4) is 11.5 Å². The number of benzene rings is 3. The topological polar surface area (TPSA) is 55.8 Å². The third-order valence-corrected chi connectivity index (χ3v) is 5.49. The summed E-state index contributed by atoms with van der Waals surface area (Å²) in [6.45, 7) is 3.88. The van der Waals surface area contributed by atoms with Gasteiger partial charge in [0.25, 0.3) is 5.78 Å². The van der Waals surface area contributed by atoms with Crippen molar-refractivity contribution in [3.05, 3.63) is 89.0 Å². The molecule has 3 aromatic carbocycles. The average Bonchev–Trinajstić information content (AvgIpc) is 3.04. The number of anilines is 1. The van der Waals surface area contributed by atoms with E-state index in [1.54, 1.807) is 43.4 Å². The van der Waals surface area contributed by atoms with Crippen LogP contribution in [0.5, 0.6) is 11.5 Å². The van der Waals surface area contributed by atoms with Crippen LogP contribution in [-0.2, 0) is 9.59 Å². The number of carbonyl (C=O) groups is 2. The number of nitrogens with zero attached hydrogens (tertiary/aromatic N) is 1. The Kier molecular flexibility index (Phi) is 5.34. The molecule has 1 aliphatic heterocycles. The van der Waals surface area contributed by atoms with Crippen LogP contribution in [0.2, 0.25) is 0 Å². The molecule has 4 rings (SSSR count). The first-order chi connectivity index (χ1) is 15.0. The Bertz CT molecular complexity index is 1170.